The highest BCUT2D eigenvalue weighted by Crippen LogP contribution is 2.15. The molecule has 2 heterocycles. The number of benzene rings is 1. The molecule has 7 heteroatoms. The van der Waals surface area contributed by atoms with Gasteiger partial charge in [-0.2, -0.15) is 0 Å². The van der Waals surface area contributed by atoms with Crippen molar-refractivity contribution >= 4 is 27.1 Å². The lowest BCUT2D eigenvalue weighted by molar-refractivity contribution is 0.701. The molecular formula is C15H15BrN4O2. The van der Waals surface area contributed by atoms with Crippen LogP contribution in [0.4, 0.5) is 0 Å². The molecule has 22 heavy (non-hydrogen) atoms. The number of nitrogens with zero attached hydrogens (tertiary/aromatic N) is 4. The summed E-state index contributed by atoms with van der Waals surface area (Å²) in [4.78, 5) is 28.8. The van der Waals surface area contributed by atoms with E-state index in [-0.39, 0.29) is 11.2 Å². The van der Waals surface area contributed by atoms with Crippen LogP contribution in [0.1, 0.15) is 11.4 Å². The standard InChI is InChI=1S/C15H15BrN4O2/c1-9-17-13-12(14(21)19(3)15(22)18(13)2)20(9)8-10-4-6-11(16)7-5-10/h4-7H,8H2,1-3H3. The van der Waals surface area contributed by atoms with E-state index in [0.29, 0.717) is 23.5 Å². The first-order valence-corrected chi connectivity index (χ1v) is 7.56. The quantitative estimate of drug-likeness (QED) is 0.694. The Bertz CT molecular complexity index is 980. The van der Waals surface area contributed by atoms with Crippen LogP contribution in [0.25, 0.3) is 11.2 Å². The third-order valence-electron chi connectivity index (χ3n) is 3.79. The Kier molecular flexibility index (Phi) is 3.52. The summed E-state index contributed by atoms with van der Waals surface area (Å²) in [5.41, 5.74) is 1.23. The van der Waals surface area contributed by atoms with Crippen LogP contribution in [0, 0.1) is 6.92 Å². The molecule has 3 rings (SSSR count). The van der Waals surface area contributed by atoms with Gasteiger partial charge in [0.25, 0.3) is 5.56 Å². The average Bonchev–Trinajstić information content (AvgIpc) is 2.82. The second-order valence-corrected chi connectivity index (χ2v) is 6.17. The molecule has 114 valence electrons. The zero-order chi connectivity index (χ0) is 16.0. The summed E-state index contributed by atoms with van der Waals surface area (Å²) in [6.07, 6.45) is 0. The zero-order valence-electron chi connectivity index (χ0n) is 12.5. The maximum absolute atomic E-state index is 12.5. The van der Waals surface area contributed by atoms with E-state index in [4.69, 9.17) is 0 Å². The summed E-state index contributed by atoms with van der Waals surface area (Å²) in [6, 6.07) is 7.89. The van der Waals surface area contributed by atoms with E-state index in [1.165, 1.54) is 11.6 Å². The van der Waals surface area contributed by atoms with Crippen LogP contribution in [0.15, 0.2) is 38.3 Å². The molecular weight excluding hydrogens is 348 g/mol. The fourth-order valence-corrected chi connectivity index (χ4v) is 2.79. The van der Waals surface area contributed by atoms with Gasteiger partial charge >= 0.3 is 5.69 Å². The predicted molar refractivity (Wildman–Crippen MR) is 88.2 cm³/mol. The van der Waals surface area contributed by atoms with E-state index in [1.54, 1.807) is 7.05 Å². The largest absolute Gasteiger partial charge is 0.332 e. The molecule has 0 unspecified atom stereocenters. The minimum atomic E-state index is -0.370. The third kappa shape index (κ3) is 2.21. The fraction of sp³-hybridized carbons (Fsp3) is 0.267. The highest BCUT2D eigenvalue weighted by Gasteiger charge is 2.17. The highest BCUT2D eigenvalue weighted by atomic mass is 79.9. The molecule has 0 radical (unpaired) electrons. The van der Waals surface area contributed by atoms with E-state index in [9.17, 15) is 9.59 Å². The molecule has 0 aliphatic rings. The van der Waals surface area contributed by atoms with E-state index in [1.807, 2.05) is 35.8 Å². The molecule has 0 bridgehead atoms. The van der Waals surface area contributed by atoms with E-state index in [0.717, 1.165) is 14.6 Å². The molecule has 0 saturated heterocycles. The van der Waals surface area contributed by atoms with Crippen LogP contribution in [-0.2, 0) is 20.6 Å². The van der Waals surface area contributed by atoms with Gasteiger partial charge in [-0.25, -0.2) is 9.78 Å². The van der Waals surface area contributed by atoms with Crippen LogP contribution in [0.5, 0.6) is 0 Å². The summed E-state index contributed by atoms with van der Waals surface area (Å²) < 4.78 is 5.37. The zero-order valence-corrected chi connectivity index (χ0v) is 14.1. The normalized spacial score (nSPS) is 11.3. The number of aryl methyl sites for hydroxylation is 2. The summed E-state index contributed by atoms with van der Waals surface area (Å²) in [5.74, 6) is 0.705. The molecule has 0 fully saturated rings. The van der Waals surface area contributed by atoms with Crippen molar-refractivity contribution in [3.63, 3.8) is 0 Å². The van der Waals surface area contributed by atoms with Gasteiger partial charge in [0.15, 0.2) is 11.2 Å². The number of halogens is 1. The summed E-state index contributed by atoms with van der Waals surface area (Å²) in [5, 5.41) is 0. The number of aromatic nitrogens is 4. The molecule has 0 aliphatic carbocycles. The maximum atomic E-state index is 12.5. The van der Waals surface area contributed by atoms with E-state index >= 15 is 0 Å². The summed E-state index contributed by atoms with van der Waals surface area (Å²) >= 11 is 3.41. The first-order valence-electron chi connectivity index (χ1n) is 6.77. The molecule has 1 aromatic carbocycles. The van der Waals surface area contributed by atoms with Gasteiger partial charge in [0.1, 0.15) is 5.82 Å². The molecule has 0 N–H and O–H groups in total. The first kappa shape index (κ1) is 14.8. The number of hydrogen-bond donors (Lipinski definition) is 0. The van der Waals surface area contributed by atoms with Gasteiger partial charge in [-0.3, -0.25) is 13.9 Å². The van der Waals surface area contributed by atoms with Crippen LogP contribution in [-0.4, -0.2) is 18.7 Å². The van der Waals surface area contributed by atoms with Gasteiger partial charge < -0.3 is 4.57 Å². The van der Waals surface area contributed by atoms with E-state index < -0.39 is 0 Å². The lowest BCUT2D eigenvalue weighted by atomic mass is 10.2. The molecule has 6 nitrogen and oxygen atoms in total. The van der Waals surface area contributed by atoms with Crippen LogP contribution in [0.2, 0.25) is 0 Å². The minimum absolute atomic E-state index is 0.323. The Balaban J connectivity index is 2.26. The minimum Gasteiger partial charge on any atom is -0.318 e. The topological polar surface area (TPSA) is 61.8 Å². The van der Waals surface area contributed by atoms with Crippen molar-refractivity contribution in [1.82, 2.24) is 18.7 Å². The van der Waals surface area contributed by atoms with Crippen molar-refractivity contribution in [3.8, 4) is 0 Å². The number of imidazole rings is 1. The van der Waals surface area contributed by atoms with Gasteiger partial charge in [-0.05, 0) is 24.6 Å². The second kappa shape index (κ2) is 5.24. The smallest absolute Gasteiger partial charge is 0.318 e. The number of fused-ring (bicyclic) bond motifs is 1. The van der Waals surface area contributed by atoms with Crippen LogP contribution >= 0.6 is 15.9 Å². The van der Waals surface area contributed by atoms with Crippen LogP contribution in [0.3, 0.4) is 0 Å². The van der Waals surface area contributed by atoms with E-state index in [2.05, 4.69) is 20.9 Å². The van der Waals surface area contributed by atoms with Gasteiger partial charge in [0, 0.05) is 25.1 Å². The lowest BCUT2D eigenvalue weighted by Gasteiger charge is -2.08. The van der Waals surface area contributed by atoms with Gasteiger partial charge in [-0.15, -0.1) is 0 Å². The Labute approximate surface area is 134 Å². The highest BCUT2D eigenvalue weighted by molar-refractivity contribution is 9.10. The van der Waals surface area contributed by atoms with Gasteiger partial charge in [-0.1, -0.05) is 28.1 Å². The van der Waals surface area contributed by atoms with Crippen molar-refractivity contribution in [3.05, 3.63) is 61.0 Å². The van der Waals surface area contributed by atoms with Crippen LogP contribution < -0.4 is 11.2 Å². The molecule has 0 aliphatic heterocycles. The predicted octanol–water partition coefficient (Wildman–Crippen LogP) is 1.55. The van der Waals surface area contributed by atoms with Crippen molar-refractivity contribution < 1.29 is 0 Å². The Morgan fingerprint density at radius 1 is 1.09 bits per heavy atom. The number of hydrogen-bond acceptors (Lipinski definition) is 3. The van der Waals surface area contributed by atoms with Gasteiger partial charge in [0.05, 0.1) is 0 Å². The van der Waals surface area contributed by atoms with Crippen molar-refractivity contribution in [2.24, 2.45) is 14.1 Å². The first-order chi connectivity index (χ1) is 10.4. The van der Waals surface area contributed by atoms with Crippen molar-refractivity contribution in [2.45, 2.75) is 13.5 Å². The Morgan fingerprint density at radius 2 is 1.73 bits per heavy atom. The molecule has 0 atom stereocenters. The van der Waals surface area contributed by atoms with Crippen molar-refractivity contribution in [1.29, 1.82) is 0 Å². The Hall–Kier alpha value is -2.15. The van der Waals surface area contributed by atoms with Gasteiger partial charge in [0.2, 0.25) is 0 Å². The fourth-order valence-electron chi connectivity index (χ4n) is 2.52. The molecule has 0 amide bonds. The summed E-state index contributed by atoms with van der Waals surface area (Å²) in [7, 11) is 3.11. The average molecular weight is 363 g/mol. The Morgan fingerprint density at radius 3 is 2.36 bits per heavy atom. The third-order valence-corrected chi connectivity index (χ3v) is 4.32. The second-order valence-electron chi connectivity index (χ2n) is 5.25. The molecule has 0 saturated carbocycles. The number of rotatable bonds is 2. The molecule has 2 aromatic heterocycles. The summed E-state index contributed by atoms with van der Waals surface area (Å²) in [6.45, 7) is 2.37. The van der Waals surface area contributed by atoms with Crippen molar-refractivity contribution in [2.75, 3.05) is 0 Å². The molecule has 0 spiro atoms. The molecule has 3 aromatic rings. The maximum Gasteiger partial charge on any atom is 0.332 e. The SMILES string of the molecule is Cc1nc2c(c(=O)n(C)c(=O)n2C)n1Cc1ccc(Br)cc1. The monoisotopic (exact) mass is 362 g/mol. The lowest BCUT2D eigenvalue weighted by Crippen LogP contribution is -2.37.